The van der Waals surface area contributed by atoms with Crippen LogP contribution in [-0.4, -0.2) is 22.2 Å². The Labute approximate surface area is 192 Å². The highest BCUT2D eigenvalue weighted by atomic mass is 32.2. The molecule has 0 saturated heterocycles. The molecule has 1 heterocycles. The van der Waals surface area contributed by atoms with Gasteiger partial charge in [-0.25, -0.2) is 9.59 Å². The first kappa shape index (κ1) is 20.4. The molecule has 4 aromatic rings. The van der Waals surface area contributed by atoms with Crippen LogP contribution in [0, 0.1) is 0 Å². The fourth-order valence-corrected chi connectivity index (χ4v) is 5.82. The highest BCUT2D eigenvalue weighted by Gasteiger charge is 2.19. The SMILES string of the molecule is O=C(O)c1ccc(-c2ccc3c(c2)Sc2ccc(-c4ccc(C(=O)O)cc4)cc2S3)cc1. The van der Waals surface area contributed by atoms with Crippen LogP contribution in [0.25, 0.3) is 22.3 Å². The summed E-state index contributed by atoms with van der Waals surface area (Å²) in [5.74, 6) is -1.86. The second kappa shape index (κ2) is 8.22. The van der Waals surface area contributed by atoms with Gasteiger partial charge in [-0.15, -0.1) is 0 Å². The minimum atomic E-state index is -0.928. The molecule has 0 saturated carbocycles. The van der Waals surface area contributed by atoms with Gasteiger partial charge in [0.05, 0.1) is 11.1 Å². The molecule has 0 aliphatic carbocycles. The van der Waals surface area contributed by atoms with E-state index in [1.165, 1.54) is 19.6 Å². The lowest BCUT2D eigenvalue weighted by Crippen LogP contribution is -1.95. The summed E-state index contributed by atoms with van der Waals surface area (Å²) in [5, 5.41) is 18.2. The van der Waals surface area contributed by atoms with E-state index in [2.05, 4.69) is 36.4 Å². The van der Waals surface area contributed by atoms with Crippen molar-refractivity contribution in [3.05, 3.63) is 96.1 Å². The van der Waals surface area contributed by atoms with E-state index in [9.17, 15) is 9.59 Å². The smallest absolute Gasteiger partial charge is 0.335 e. The summed E-state index contributed by atoms with van der Waals surface area (Å²) >= 11 is 3.43. The van der Waals surface area contributed by atoms with Gasteiger partial charge in [-0.2, -0.15) is 0 Å². The first-order chi connectivity index (χ1) is 15.5. The first-order valence-corrected chi connectivity index (χ1v) is 11.4. The molecule has 0 radical (unpaired) electrons. The molecule has 0 unspecified atom stereocenters. The van der Waals surface area contributed by atoms with Crippen LogP contribution >= 0.6 is 23.5 Å². The van der Waals surface area contributed by atoms with Gasteiger partial charge in [-0.3, -0.25) is 0 Å². The van der Waals surface area contributed by atoms with Gasteiger partial charge >= 0.3 is 11.9 Å². The van der Waals surface area contributed by atoms with Crippen molar-refractivity contribution in [3.63, 3.8) is 0 Å². The molecule has 1 aliphatic rings. The summed E-state index contributed by atoms with van der Waals surface area (Å²) in [4.78, 5) is 26.8. The Bertz CT molecular complexity index is 1250. The van der Waals surface area contributed by atoms with E-state index in [4.69, 9.17) is 10.2 Å². The van der Waals surface area contributed by atoms with E-state index < -0.39 is 11.9 Å². The number of carboxylic acid groups (broad SMARTS) is 2. The van der Waals surface area contributed by atoms with Gasteiger partial charge in [0.15, 0.2) is 0 Å². The van der Waals surface area contributed by atoms with Gasteiger partial charge in [0, 0.05) is 19.6 Å². The molecule has 156 valence electrons. The topological polar surface area (TPSA) is 74.6 Å². The van der Waals surface area contributed by atoms with E-state index in [0.717, 1.165) is 22.3 Å². The fourth-order valence-electron chi connectivity index (χ4n) is 3.55. The number of carbonyl (C=O) groups is 2. The van der Waals surface area contributed by atoms with Crippen LogP contribution in [0.4, 0.5) is 0 Å². The molecule has 0 fully saturated rings. The molecular weight excluding hydrogens is 440 g/mol. The van der Waals surface area contributed by atoms with Crippen molar-refractivity contribution in [2.24, 2.45) is 0 Å². The Morgan fingerprint density at radius 1 is 0.469 bits per heavy atom. The van der Waals surface area contributed by atoms with Crippen molar-refractivity contribution in [2.75, 3.05) is 0 Å². The fraction of sp³-hybridized carbons (Fsp3) is 0. The summed E-state index contributed by atoms with van der Waals surface area (Å²) in [6, 6.07) is 26.4. The first-order valence-electron chi connectivity index (χ1n) is 9.79. The third kappa shape index (κ3) is 3.90. The molecule has 4 aromatic carbocycles. The maximum atomic E-state index is 11.1. The monoisotopic (exact) mass is 456 g/mol. The molecule has 32 heavy (non-hydrogen) atoms. The van der Waals surface area contributed by atoms with Gasteiger partial charge in [-0.1, -0.05) is 59.9 Å². The van der Waals surface area contributed by atoms with E-state index in [-0.39, 0.29) is 11.1 Å². The lowest BCUT2D eigenvalue weighted by molar-refractivity contribution is 0.0686. The van der Waals surface area contributed by atoms with Crippen LogP contribution in [-0.2, 0) is 0 Å². The number of rotatable bonds is 4. The standard InChI is InChI=1S/C26H16O4S2/c27-25(28)17-5-1-15(2-6-17)19-9-11-21-23(13-19)31-22-12-10-20(14-24(22)32-21)16-3-7-18(8-4-16)26(29)30/h1-14H,(H,27,28)(H,29,30). The Hall–Kier alpha value is -3.48. The Morgan fingerprint density at radius 2 is 0.812 bits per heavy atom. The number of hydrogen-bond donors (Lipinski definition) is 2. The molecule has 0 atom stereocenters. The average Bonchev–Trinajstić information content (AvgIpc) is 2.82. The maximum absolute atomic E-state index is 11.1. The predicted octanol–water partition coefficient (Wildman–Crippen LogP) is 7.03. The summed E-state index contributed by atoms with van der Waals surface area (Å²) in [5.41, 5.74) is 4.61. The average molecular weight is 457 g/mol. The molecule has 0 amide bonds. The highest BCUT2D eigenvalue weighted by Crippen LogP contribution is 2.50. The zero-order valence-corrected chi connectivity index (χ0v) is 18.2. The van der Waals surface area contributed by atoms with Crippen molar-refractivity contribution >= 4 is 35.5 Å². The minimum absolute atomic E-state index is 0.277. The number of benzene rings is 4. The van der Waals surface area contributed by atoms with Crippen molar-refractivity contribution in [2.45, 2.75) is 19.6 Å². The second-order valence-electron chi connectivity index (χ2n) is 7.29. The van der Waals surface area contributed by atoms with Crippen molar-refractivity contribution in [1.29, 1.82) is 0 Å². The number of hydrogen-bond acceptors (Lipinski definition) is 4. The third-order valence-corrected chi connectivity index (χ3v) is 7.78. The summed E-state index contributed by atoms with van der Waals surface area (Å²) in [6.45, 7) is 0. The van der Waals surface area contributed by atoms with E-state index >= 15 is 0 Å². The quantitative estimate of drug-likeness (QED) is 0.302. The van der Waals surface area contributed by atoms with Gasteiger partial charge in [-0.05, 0) is 70.8 Å². The third-order valence-electron chi connectivity index (χ3n) is 5.26. The summed E-state index contributed by atoms with van der Waals surface area (Å²) < 4.78 is 0. The molecule has 0 spiro atoms. The van der Waals surface area contributed by atoms with Crippen LogP contribution < -0.4 is 0 Å². The Kier molecular flexibility index (Phi) is 5.25. The zero-order valence-electron chi connectivity index (χ0n) is 16.6. The van der Waals surface area contributed by atoms with Crippen molar-refractivity contribution in [3.8, 4) is 22.3 Å². The zero-order chi connectivity index (χ0) is 22.2. The van der Waals surface area contributed by atoms with E-state index in [1.54, 1.807) is 47.8 Å². The van der Waals surface area contributed by atoms with Gasteiger partial charge in [0.25, 0.3) is 0 Å². The molecule has 5 rings (SSSR count). The van der Waals surface area contributed by atoms with Crippen LogP contribution in [0.1, 0.15) is 20.7 Å². The highest BCUT2D eigenvalue weighted by molar-refractivity contribution is 8.05. The van der Waals surface area contributed by atoms with E-state index in [0.29, 0.717) is 0 Å². The Balaban J connectivity index is 1.41. The molecule has 0 bridgehead atoms. The number of aromatic carboxylic acids is 2. The molecule has 0 aromatic heterocycles. The number of fused-ring (bicyclic) bond motifs is 2. The number of carboxylic acids is 2. The van der Waals surface area contributed by atoms with Gasteiger partial charge < -0.3 is 10.2 Å². The molecule has 4 nitrogen and oxygen atoms in total. The van der Waals surface area contributed by atoms with Crippen molar-refractivity contribution in [1.82, 2.24) is 0 Å². The largest absolute Gasteiger partial charge is 0.478 e. The summed E-state index contributed by atoms with van der Waals surface area (Å²) in [6.07, 6.45) is 0. The normalized spacial score (nSPS) is 12.0. The Morgan fingerprint density at radius 3 is 1.16 bits per heavy atom. The van der Waals surface area contributed by atoms with Crippen molar-refractivity contribution < 1.29 is 19.8 Å². The molecular formula is C26H16O4S2. The molecule has 2 N–H and O–H groups in total. The lowest BCUT2D eigenvalue weighted by atomic mass is 10.0. The van der Waals surface area contributed by atoms with Crippen LogP contribution in [0.5, 0.6) is 0 Å². The molecule has 6 heteroatoms. The van der Waals surface area contributed by atoms with Crippen LogP contribution in [0.2, 0.25) is 0 Å². The van der Waals surface area contributed by atoms with Gasteiger partial charge in [0.2, 0.25) is 0 Å². The summed E-state index contributed by atoms with van der Waals surface area (Å²) in [7, 11) is 0. The lowest BCUT2D eigenvalue weighted by Gasteiger charge is -2.20. The predicted molar refractivity (Wildman–Crippen MR) is 126 cm³/mol. The van der Waals surface area contributed by atoms with Gasteiger partial charge in [0.1, 0.15) is 0 Å². The van der Waals surface area contributed by atoms with E-state index in [1.807, 2.05) is 24.3 Å². The maximum Gasteiger partial charge on any atom is 0.335 e. The molecule has 1 aliphatic heterocycles. The second-order valence-corrected chi connectivity index (χ2v) is 9.46. The van der Waals surface area contributed by atoms with Crippen LogP contribution in [0.15, 0.2) is 105 Å². The van der Waals surface area contributed by atoms with Crippen LogP contribution in [0.3, 0.4) is 0 Å². The minimum Gasteiger partial charge on any atom is -0.478 e.